The first-order valence-electron chi connectivity index (χ1n) is 7.01. The van der Waals surface area contributed by atoms with Gasteiger partial charge in [-0.05, 0) is 37.0 Å². The highest BCUT2D eigenvalue weighted by molar-refractivity contribution is 5.93. The van der Waals surface area contributed by atoms with Gasteiger partial charge in [-0.2, -0.15) is 0 Å². The highest BCUT2D eigenvalue weighted by atomic mass is 16.5. The van der Waals surface area contributed by atoms with Crippen LogP contribution in [0.15, 0.2) is 18.2 Å². The van der Waals surface area contributed by atoms with Gasteiger partial charge in [0.05, 0.1) is 11.6 Å². The van der Waals surface area contributed by atoms with Gasteiger partial charge in [0.15, 0.2) is 0 Å². The van der Waals surface area contributed by atoms with Crippen molar-refractivity contribution in [1.82, 2.24) is 5.32 Å². The van der Waals surface area contributed by atoms with E-state index in [1.807, 2.05) is 6.92 Å². The third-order valence-electron chi connectivity index (χ3n) is 4.15. The molecule has 0 radical (unpaired) electrons. The Morgan fingerprint density at radius 3 is 3.00 bits per heavy atom. The molecule has 0 spiro atoms. The van der Waals surface area contributed by atoms with Crippen molar-refractivity contribution in [3.05, 3.63) is 29.3 Å². The first kappa shape index (κ1) is 13.7. The Kier molecular flexibility index (Phi) is 3.45. The summed E-state index contributed by atoms with van der Waals surface area (Å²) in [6.07, 6.45) is 0.503. The van der Waals surface area contributed by atoms with Crippen molar-refractivity contribution >= 4 is 12.1 Å². The zero-order valence-electron chi connectivity index (χ0n) is 11.7. The minimum Gasteiger partial charge on any atom is -0.488 e. The normalized spacial score (nSPS) is 27.1. The fraction of sp³-hybridized carbons (Fsp3) is 0.467. The molecular weight excluding hydrogens is 274 g/mol. The number of hydrogen-bond acceptors (Lipinski definition) is 4. The smallest absolute Gasteiger partial charge is 0.405 e. The van der Waals surface area contributed by atoms with Crippen LogP contribution in [0.2, 0.25) is 0 Å². The summed E-state index contributed by atoms with van der Waals surface area (Å²) in [6, 6.07) is 5.00. The summed E-state index contributed by atoms with van der Waals surface area (Å²) < 4.78 is 10.9. The van der Waals surface area contributed by atoms with Crippen LogP contribution in [0.1, 0.15) is 35.7 Å². The third-order valence-corrected chi connectivity index (χ3v) is 4.15. The lowest BCUT2D eigenvalue weighted by Gasteiger charge is -2.23. The molecule has 21 heavy (non-hydrogen) atoms. The van der Waals surface area contributed by atoms with E-state index in [0.717, 1.165) is 18.4 Å². The lowest BCUT2D eigenvalue weighted by Crippen LogP contribution is -2.44. The summed E-state index contributed by atoms with van der Waals surface area (Å²) in [6.45, 7) is 2.28. The Morgan fingerprint density at radius 1 is 1.43 bits per heavy atom. The number of ether oxygens (including phenoxy) is 2. The second-order valence-corrected chi connectivity index (χ2v) is 5.58. The summed E-state index contributed by atoms with van der Waals surface area (Å²) in [5, 5.41) is 11.4. The maximum Gasteiger partial charge on any atom is 0.405 e. The monoisotopic (exact) mass is 291 g/mol. The zero-order valence-corrected chi connectivity index (χ0v) is 11.7. The van der Waals surface area contributed by atoms with E-state index in [1.54, 1.807) is 18.2 Å². The number of benzene rings is 1. The van der Waals surface area contributed by atoms with Crippen molar-refractivity contribution in [2.75, 3.05) is 0 Å². The highest BCUT2D eigenvalue weighted by Crippen LogP contribution is 2.31. The molecule has 1 heterocycles. The first-order valence-corrected chi connectivity index (χ1v) is 7.01. The van der Waals surface area contributed by atoms with E-state index in [1.165, 1.54) is 0 Å². The number of carbonyl (C=O) groups excluding carboxylic acids is 1. The molecule has 1 aromatic carbocycles. The van der Waals surface area contributed by atoms with Gasteiger partial charge in [0.25, 0.3) is 0 Å². The lowest BCUT2D eigenvalue weighted by atomic mass is 10.1. The van der Waals surface area contributed by atoms with Gasteiger partial charge >= 0.3 is 12.1 Å². The van der Waals surface area contributed by atoms with Gasteiger partial charge < -0.3 is 19.9 Å². The topological polar surface area (TPSA) is 84.9 Å². The van der Waals surface area contributed by atoms with Gasteiger partial charge in [-0.1, -0.05) is 6.92 Å². The largest absolute Gasteiger partial charge is 0.488 e. The van der Waals surface area contributed by atoms with Gasteiger partial charge in [-0.3, -0.25) is 0 Å². The molecule has 3 rings (SSSR count). The summed E-state index contributed by atoms with van der Waals surface area (Å²) in [4.78, 5) is 22.3. The van der Waals surface area contributed by atoms with Gasteiger partial charge in [0.2, 0.25) is 0 Å². The Hall–Kier alpha value is -2.24. The molecule has 0 bridgehead atoms. The number of esters is 1. The van der Waals surface area contributed by atoms with Crippen molar-refractivity contribution < 1.29 is 24.2 Å². The van der Waals surface area contributed by atoms with E-state index < -0.39 is 6.09 Å². The molecule has 1 aromatic rings. The predicted molar refractivity (Wildman–Crippen MR) is 73.3 cm³/mol. The molecule has 2 N–H and O–H groups in total. The molecule has 3 atom stereocenters. The van der Waals surface area contributed by atoms with Gasteiger partial charge in [0, 0.05) is 5.56 Å². The molecule has 1 saturated carbocycles. The molecule has 112 valence electrons. The Bertz CT molecular complexity index is 585. The Labute approximate surface area is 122 Å². The maximum atomic E-state index is 11.4. The number of fused-ring (bicyclic) bond motifs is 1. The first-order chi connectivity index (χ1) is 10.0. The number of cyclic esters (lactones) is 1. The number of nitrogens with one attached hydrogen (secondary N) is 1. The van der Waals surface area contributed by atoms with E-state index in [9.17, 15) is 9.59 Å². The van der Waals surface area contributed by atoms with Crippen LogP contribution in [0.25, 0.3) is 0 Å². The van der Waals surface area contributed by atoms with Crippen LogP contribution in [0.5, 0.6) is 5.75 Å². The van der Waals surface area contributed by atoms with Crippen LogP contribution in [-0.4, -0.2) is 29.3 Å². The fourth-order valence-electron chi connectivity index (χ4n) is 3.02. The van der Waals surface area contributed by atoms with Gasteiger partial charge in [-0.25, -0.2) is 9.59 Å². The minimum atomic E-state index is -1.03. The van der Waals surface area contributed by atoms with E-state index in [0.29, 0.717) is 11.3 Å². The second kappa shape index (κ2) is 5.27. The molecule has 1 aliphatic heterocycles. The average Bonchev–Trinajstić information content (AvgIpc) is 2.96. The molecule has 2 aliphatic rings. The van der Waals surface area contributed by atoms with E-state index in [-0.39, 0.29) is 30.6 Å². The van der Waals surface area contributed by atoms with Crippen LogP contribution < -0.4 is 10.1 Å². The van der Waals surface area contributed by atoms with Crippen molar-refractivity contribution in [1.29, 1.82) is 0 Å². The molecule has 6 nitrogen and oxygen atoms in total. The molecule has 0 aromatic heterocycles. The molecule has 6 heteroatoms. The number of rotatable bonds is 3. The van der Waals surface area contributed by atoms with Crippen LogP contribution in [0.4, 0.5) is 4.79 Å². The van der Waals surface area contributed by atoms with Crippen LogP contribution in [0.3, 0.4) is 0 Å². The van der Waals surface area contributed by atoms with Crippen LogP contribution in [0, 0.1) is 5.92 Å². The van der Waals surface area contributed by atoms with E-state index in [4.69, 9.17) is 14.6 Å². The zero-order chi connectivity index (χ0) is 15.0. The summed E-state index contributed by atoms with van der Waals surface area (Å²) in [5.41, 5.74) is 1.38. The Balaban J connectivity index is 1.74. The molecular formula is C15H17NO5. The standard InChI is InChI=1S/C15H17NO5/c1-8-2-5-12(13(8)16-15(18)19)21-10-3-4-11-9(6-10)7-20-14(11)17/h3-4,6,8,12-13,16H,2,5,7H2,1H3,(H,18,19)/t8-,12+,13+/m1/s1. The fourth-order valence-corrected chi connectivity index (χ4v) is 3.02. The van der Waals surface area contributed by atoms with Crippen LogP contribution in [-0.2, 0) is 11.3 Å². The van der Waals surface area contributed by atoms with Gasteiger partial charge in [0.1, 0.15) is 18.5 Å². The van der Waals surface area contributed by atoms with Crippen molar-refractivity contribution in [3.8, 4) is 5.75 Å². The predicted octanol–water partition coefficient (Wildman–Crippen LogP) is 2.17. The third kappa shape index (κ3) is 2.66. The molecule has 1 aliphatic carbocycles. The number of carbonyl (C=O) groups is 2. The van der Waals surface area contributed by atoms with Crippen molar-refractivity contribution in [3.63, 3.8) is 0 Å². The Morgan fingerprint density at radius 2 is 2.24 bits per heavy atom. The number of amides is 1. The van der Waals surface area contributed by atoms with E-state index >= 15 is 0 Å². The molecule has 0 saturated heterocycles. The summed E-state index contributed by atoms with van der Waals surface area (Å²) >= 11 is 0. The van der Waals surface area contributed by atoms with Gasteiger partial charge in [-0.15, -0.1) is 0 Å². The SMILES string of the molecule is C[C@@H]1CC[C@H](Oc2ccc3c(c2)COC3=O)[C@H]1NC(=O)O. The number of carboxylic acid groups (broad SMARTS) is 1. The van der Waals surface area contributed by atoms with E-state index in [2.05, 4.69) is 5.32 Å². The quantitative estimate of drug-likeness (QED) is 0.834. The maximum absolute atomic E-state index is 11.4. The second-order valence-electron chi connectivity index (χ2n) is 5.58. The average molecular weight is 291 g/mol. The van der Waals surface area contributed by atoms with Crippen molar-refractivity contribution in [2.24, 2.45) is 5.92 Å². The molecule has 1 amide bonds. The number of hydrogen-bond donors (Lipinski definition) is 2. The molecule has 0 unspecified atom stereocenters. The van der Waals surface area contributed by atoms with Crippen LogP contribution >= 0.6 is 0 Å². The minimum absolute atomic E-state index is 0.188. The highest BCUT2D eigenvalue weighted by Gasteiger charge is 2.36. The molecule has 1 fully saturated rings. The summed E-state index contributed by atoms with van der Waals surface area (Å²) in [7, 11) is 0. The lowest BCUT2D eigenvalue weighted by molar-refractivity contribution is 0.0535. The summed E-state index contributed by atoms with van der Waals surface area (Å²) in [5.74, 6) is 0.574. The van der Waals surface area contributed by atoms with Crippen molar-refractivity contribution in [2.45, 2.75) is 38.5 Å².